The van der Waals surface area contributed by atoms with Crippen LogP contribution in [0.4, 0.5) is 0 Å². The minimum absolute atomic E-state index is 0.0323. The van der Waals surface area contributed by atoms with E-state index in [1.54, 1.807) is 0 Å². The Kier molecular flexibility index (Phi) is 8.47. The summed E-state index contributed by atoms with van der Waals surface area (Å²) in [7, 11) is 0. The Bertz CT molecular complexity index is 1990. The van der Waals surface area contributed by atoms with E-state index in [4.69, 9.17) is 15.4 Å². The first-order valence-electron chi connectivity index (χ1n) is 16.2. The average molecular weight is 596 g/mol. The number of amidine groups is 2. The van der Waals surface area contributed by atoms with Crippen molar-refractivity contribution in [2.75, 3.05) is 0 Å². The van der Waals surface area contributed by atoms with Crippen LogP contribution in [0.3, 0.4) is 0 Å². The van der Waals surface area contributed by atoms with Crippen molar-refractivity contribution >= 4 is 28.7 Å². The third kappa shape index (κ3) is 6.09. The zero-order chi connectivity index (χ0) is 31.2. The Balaban J connectivity index is 1.23. The highest BCUT2D eigenvalue weighted by Crippen LogP contribution is 2.45. The fraction of sp³-hybridized carbons (Fsp3) is 0.140. The number of fused-ring (bicyclic) bond motifs is 1. The minimum Gasteiger partial charge on any atom is -0.282 e. The zero-order valence-electron chi connectivity index (χ0n) is 25.9. The van der Waals surface area contributed by atoms with Gasteiger partial charge in [0.1, 0.15) is 0 Å². The van der Waals surface area contributed by atoms with E-state index < -0.39 is 0 Å². The largest absolute Gasteiger partial charge is 0.282 e. The van der Waals surface area contributed by atoms with Gasteiger partial charge in [0, 0.05) is 22.8 Å². The molecule has 1 aliphatic carbocycles. The van der Waals surface area contributed by atoms with Crippen molar-refractivity contribution in [1.29, 1.82) is 5.41 Å². The van der Waals surface area contributed by atoms with Crippen molar-refractivity contribution in [2.24, 2.45) is 9.98 Å². The smallest absolute Gasteiger partial charge is 0.161 e. The van der Waals surface area contributed by atoms with Gasteiger partial charge < -0.3 is 0 Å². The molecule has 0 amide bonds. The third-order valence-electron chi connectivity index (χ3n) is 9.34. The molecule has 46 heavy (non-hydrogen) atoms. The molecular formula is C43H37N3. The molecule has 0 saturated heterocycles. The van der Waals surface area contributed by atoms with Crippen molar-refractivity contribution in [3.05, 3.63) is 179 Å². The van der Waals surface area contributed by atoms with E-state index in [1.807, 2.05) is 66.9 Å². The van der Waals surface area contributed by atoms with Gasteiger partial charge in [0.05, 0.1) is 0 Å². The van der Waals surface area contributed by atoms with Crippen molar-refractivity contribution in [3.63, 3.8) is 0 Å². The van der Waals surface area contributed by atoms with Crippen LogP contribution in [0, 0.1) is 5.41 Å². The molecule has 1 N–H and O–H groups in total. The maximum absolute atomic E-state index is 8.70. The molecule has 0 heterocycles. The topological polar surface area (TPSA) is 48.6 Å². The molecule has 0 atom stereocenters. The lowest BCUT2D eigenvalue weighted by atomic mass is 9.65. The second-order valence-corrected chi connectivity index (χ2v) is 12.1. The number of hydrogen-bond acceptors (Lipinski definition) is 1. The predicted octanol–water partition coefficient (Wildman–Crippen LogP) is 10.6. The highest BCUT2D eigenvalue weighted by atomic mass is 14.9. The first kappa shape index (κ1) is 29.3. The van der Waals surface area contributed by atoms with Crippen LogP contribution in [0.1, 0.15) is 59.9 Å². The molecule has 0 aliphatic heterocycles. The lowest BCUT2D eigenvalue weighted by molar-refractivity contribution is 0.346. The normalized spacial score (nSPS) is 14.8. The van der Waals surface area contributed by atoms with Gasteiger partial charge in [-0.15, -0.1) is 0 Å². The second kappa shape index (κ2) is 13.3. The van der Waals surface area contributed by atoms with E-state index in [2.05, 4.69) is 91.0 Å². The first-order valence-corrected chi connectivity index (χ1v) is 16.2. The number of hydrogen-bond donors (Lipinski definition) is 1. The molecular weight excluding hydrogens is 558 g/mol. The van der Waals surface area contributed by atoms with E-state index in [0.717, 1.165) is 29.5 Å². The molecule has 0 aromatic heterocycles. The highest BCUT2D eigenvalue weighted by Gasteiger charge is 2.35. The summed E-state index contributed by atoms with van der Waals surface area (Å²) in [6.07, 6.45) is 7.80. The fourth-order valence-corrected chi connectivity index (χ4v) is 6.89. The van der Waals surface area contributed by atoms with Crippen LogP contribution in [-0.2, 0) is 5.41 Å². The van der Waals surface area contributed by atoms with Gasteiger partial charge >= 0.3 is 0 Å². The second-order valence-electron chi connectivity index (χ2n) is 12.1. The summed E-state index contributed by atoms with van der Waals surface area (Å²) < 4.78 is 0. The van der Waals surface area contributed by atoms with Crippen LogP contribution in [0.25, 0.3) is 21.9 Å². The Morgan fingerprint density at radius 3 is 1.89 bits per heavy atom. The number of aliphatic imine (C=N–C) groups is 2. The SMILES string of the molecule is N=C(/N=C(\N=C\c1ccccc1)c1ccc(C2(c3ccc(-c4cccc5ccccc45)cc3)CCCCC2)cc1)c1ccccc1. The van der Waals surface area contributed by atoms with Crippen molar-refractivity contribution in [2.45, 2.75) is 37.5 Å². The minimum atomic E-state index is -0.0323. The molecule has 3 heteroatoms. The van der Waals surface area contributed by atoms with Gasteiger partial charge in [0.25, 0.3) is 0 Å². The summed E-state index contributed by atoms with van der Waals surface area (Å²) in [6.45, 7) is 0. The van der Waals surface area contributed by atoms with Crippen molar-refractivity contribution in [3.8, 4) is 11.1 Å². The highest BCUT2D eigenvalue weighted by molar-refractivity contribution is 6.13. The van der Waals surface area contributed by atoms with Crippen molar-refractivity contribution < 1.29 is 0 Å². The zero-order valence-corrected chi connectivity index (χ0v) is 25.9. The molecule has 1 saturated carbocycles. The van der Waals surface area contributed by atoms with Gasteiger partial charge in [-0.2, -0.15) is 0 Å². The monoisotopic (exact) mass is 595 g/mol. The number of nitrogens with zero attached hydrogens (tertiary/aromatic N) is 2. The molecule has 224 valence electrons. The van der Waals surface area contributed by atoms with Gasteiger partial charge in [0.15, 0.2) is 11.7 Å². The molecule has 7 rings (SSSR count). The van der Waals surface area contributed by atoms with Crippen LogP contribution >= 0.6 is 0 Å². The van der Waals surface area contributed by atoms with Gasteiger partial charge in [-0.05, 0) is 51.4 Å². The van der Waals surface area contributed by atoms with Gasteiger partial charge in [-0.3, -0.25) is 5.41 Å². The Hall–Kier alpha value is -5.41. The quantitative estimate of drug-likeness (QED) is 0.147. The van der Waals surface area contributed by atoms with E-state index in [1.165, 1.54) is 52.3 Å². The summed E-state index contributed by atoms with van der Waals surface area (Å²) in [5, 5.41) is 11.3. The summed E-state index contributed by atoms with van der Waals surface area (Å²) in [5.74, 6) is 0.723. The van der Waals surface area contributed by atoms with Gasteiger partial charge in [-0.25, -0.2) is 9.98 Å². The molecule has 6 aromatic carbocycles. The van der Waals surface area contributed by atoms with Crippen LogP contribution < -0.4 is 0 Å². The summed E-state index contributed by atoms with van der Waals surface area (Å²) in [6, 6.07) is 52.9. The van der Waals surface area contributed by atoms with E-state index in [-0.39, 0.29) is 11.3 Å². The molecule has 6 aromatic rings. The van der Waals surface area contributed by atoms with Crippen LogP contribution in [-0.4, -0.2) is 17.9 Å². The average Bonchev–Trinajstić information content (AvgIpc) is 3.14. The molecule has 1 fully saturated rings. The van der Waals surface area contributed by atoms with Crippen molar-refractivity contribution in [1.82, 2.24) is 0 Å². The van der Waals surface area contributed by atoms with Gasteiger partial charge in [0.2, 0.25) is 0 Å². The number of nitrogens with one attached hydrogen (secondary N) is 1. The van der Waals surface area contributed by atoms with Crippen LogP contribution in [0.2, 0.25) is 0 Å². The van der Waals surface area contributed by atoms with Crippen LogP contribution in [0.5, 0.6) is 0 Å². The Labute approximate surface area is 271 Å². The van der Waals surface area contributed by atoms with E-state index in [9.17, 15) is 0 Å². The molecule has 1 aliphatic rings. The molecule has 0 spiro atoms. The van der Waals surface area contributed by atoms with E-state index in [0.29, 0.717) is 5.84 Å². The van der Waals surface area contributed by atoms with Crippen LogP contribution in [0.15, 0.2) is 162 Å². The molecule has 0 bridgehead atoms. The summed E-state index contributed by atoms with van der Waals surface area (Å²) >= 11 is 0. The maximum Gasteiger partial charge on any atom is 0.161 e. The first-order chi connectivity index (χ1) is 22.7. The number of benzene rings is 6. The molecule has 3 nitrogen and oxygen atoms in total. The standard InChI is InChI=1S/C43H37N3/c44-41(35-16-6-2-7-17-35)46-42(45-31-32-13-4-1-5-14-32)36-23-27-38(28-24-36)43(29-10-3-11-30-43)37-25-21-34(22-26-37)40-20-12-18-33-15-8-9-19-39(33)40/h1-2,4-9,12-28,31,44H,3,10-11,29-30H2/b44-41?,45-31+,46-42-. The Morgan fingerprint density at radius 2 is 1.17 bits per heavy atom. The van der Waals surface area contributed by atoms with E-state index >= 15 is 0 Å². The summed E-state index contributed by atoms with van der Waals surface area (Å²) in [5.41, 5.74) is 7.86. The molecule has 0 radical (unpaired) electrons. The van der Waals surface area contributed by atoms with Gasteiger partial charge in [-0.1, -0.05) is 171 Å². The lowest BCUT2D eigenvalue weighted by Gasteiger charge is -2.39. The number of rotatable bonds is 6. The lowest BCUT2D eigenvalue weighted by Crippen LogP contribution is -2.30. The maximum atomic E-state index is 8.70. The third-order valence-corrected chi connectivity index (χ3v) is 9.34. The predicted molar refractivity (Wildman–Crippen MR) is 194 cm³/mol. The Morgan fingerprint density at radius 1 is 0.565 bits per heavy atom. The summed E-state index contributed by atoms with van der Waals surface area (Å²) in [4.78, 5) is 9.50. The fourth-order valence-electron chi connectivity index (χ4n) is 6.89. The molecule has 0 unspecified atom stereocenters.